The van der Waals surface area contributed by atoms with E-state index in [-0.39, 0.29) is 17.4 Å². The molecule has 0 aromatic heterocycles. The number of hydrogen-bond donors (Lipinski definition) is 1. The van der Waals surface area contributed by atoms with E-state index in [0.717, 1.165) is 38.0 Å². The fourth-order valence-electron chi connectivity index (χ4n) is 5.55. The van der Waals surface area contributed by atoms with Crippen LogP contribution in [0.5, 0.6) is 0 Å². The highest BCUT2D eigenvalue weighted by Crippen LogP contribution is 2.27. The molecule has 0 aliphatic carbocycles. The van der Waals surface area contributed by atoms with Crippen LogP contribution in [-0.4, -0.2) is 49.6 Å². The average molecular weight is 501 g/mol. The van der Waals surface area contributed by atoms with Gasteiger partial charge in [0.1, 0.15) is 11.4 Å². The molecule has 37 heavy (non-hydrogen) atoms. The molecule has 1 atom stereocenters. The third-order valence-corrected chi connectivity index (χ3v) is 7.90. The minimum absolute atomic E-state index is 0.0411. The summed E-state index contributed by atoms with van der Waals surface area (Å²) in [5, 5.41) is 3.18. The van der Waals surface area contributed by atoms with Crippen LogP contribution < -0.4 is 26.0 Å². The van der Waals surface area contributed by atoms with Gasteiger partial charge in [-0.2, -0.15) is 0 Å². The van der Waals surface area contributed by atoms with Crippen molar-refractivity contribution in [1.29, 1.82) is 0 Å². The molecule has 2 fully saturated rings. The smallest absolute Gasteiger partial charge is 0.253 e. The van der Waals surface area contributed by atoms with Gasteiger partial charge in [0, 0.05) is 56.6 Å². The molecule has 0 unspecified atom stereocenters. The highest BCUT2D eigenvalue weighted by Gasteiger charge is 2.29. The van der Waals surface area contributed by atoms with Gasteiger partial charge in [-0.1, -0.05) is 31.2 Å². The lowest BCUT2D eigenvalue weighted by Gasteiger charge is -2.41. The van der Waals surface area contributed by atoms with Crippen LogP contribution >= 0.6 is 0 Å². The van der Waals surface area contributed by atoms with E-state index in [1.54, 1.807) is 0 Å². The number of piperazine rings is 1. The summed E-state index contributed by atoms with van der Waals surface area (Å²) in [4.78, 5) is 44.0. The molecule has 194 valence electrons. The molecule has 0 spiro atoms. The molecular formula is C30H36N4O3. The Balaban J connectivity index is 1.18. The number of piperidine rings is 1. The standard InChI is InChI=1S/C30H36N4O3/c1-20-11-13-32(14-12-20)27-26(28(35)29(27)36)31-18-23-7-9-24(10-8-23)30(37)33-15-16-34(22(3)19-33)25-6-4-5-21(2)17-25/h4-10,17,20,22,31H,11-16,18-19H2,1-3H3/t22-/m1/s1. The lowest BCUT2D eigenvalue weighted by molar-refractivity contribution is 0.0726. The van der Waals surface area contributed by atoms with Gasteiger partial charge >= 0.3 is 0 Å². The van der Waals surface area contributed by atoms with Crippen LogP contribution in [-0.2, 0) is 6.54 Å². The van der Waals surface area contributed by atoms with Crippen LogP contribution in [0.2, 0.25) is 0 Å². The van der Waals surface area contributed by atoms with Gasteiger partial charge in [-0.3, -0.25) is 14.4 Å². The molecule has 1 N–H and O–H groups in total. The Hall–Kier alpha value is -3.61. The first kappa shape index (κ1) is 25.1. The zero-order valence-electron chi connectivity index (χ0n) is 22.0. The van der Waals surface area contributed by atoms with E-state index in [4.69, 9.17) is 0 Å². The number of hydrogen-bond acceptors (Lipinski definition) is 6. The Labute approximate surface area is 218 Å². The van der Waals surface area contributed by atoms with E-state index in [1.807, 2.05) is 34.1 Å². The van der Waals surface area contributed by atoms with Crippen LogP contribution in [0.15, 0.2) is 58.1 Å². The van der Waals surface area contributed by atoms with Crippen LogP contribution in [0.25, 0.3) is 0 Å². The zero-order valence-corrected chi connectivity index (χ0v) is 22.0. The predicted molar refractivity (Wildman–Crippen MR) is 150 cm³/mol. The summed E-state index contributed by atoms with van der Waals surface area (Å²) in [5.74, 6) is 0.694. The van der Waals surface area contributed by atoms with E-state index in [1.165, 1.54) is 11.3 Å². The third kappa shape index (κ3) is 5.13. The predicted octanol–water partition coefficient (Wildman–Crippen LogP) is 3.79. The topological polar surface area (TPSA) is 73.0 Å². The lowest BCUT2D eigenvalue weighted by Crippen LogP contribution is -2.53. The summed E-state index contributed by atoms with van der Waals surface area (Å²) in [6.07, 6.45) is 2.07. The van der Waals surface area contributed by atoms with Gasteiger partial charge in [-0.15, -0.1) is 0 Å². The Morgan fingerprint density at radius 3 is 2.35 bits per heavy atom. The normalized spacial score (nSPS) is 18.9. The molecule has 2 aliphatic heterocycles. The Bertz CT molecular complexity index is 1330. The number of nitrogens with one attached hydrogen (secondary N) is 1. The van der Waals surface area contributed by atoms with Gasteiger partial charge in [-0.25, -0.2) is 0 Å². The second-order valence-corrected chi connectivity index (χ2v) is 10.7. The summed E-state index contributed by atoms with van der Waals surface area (Å²) in [5.41, 5.74) is 4.23. The number of nitrogens with zero attached hydrogens (tertiary/aromatic N) is 3. The Kier molecular flexibility index (Phi) is 7.04. The fraction of sp³-hybridized carbons (Fsp3) is 0.433. The largest absolute Gasteiger partial charge is 0.376 e. The van der Waals surface area contributed by atoms with Crippen molar-refractivity contribution >= 4 is 23.0 Å². The number of carbonyl (C=O) groups is 1. The maximum Gasteiger partial charge on any atom is 0.253 e. The maximum atomic E-state index is 13.2. The summed E-state index contributed by atoms with van der Waals surface area (Å²) in [7, 11) is 0. The van der Waals surface area contributed by atoms with Crippen molar-refractivity contribution < 1.29 is 4.79 Å². The molecule has 3 aromatic carbocycles. The first-order valence-electron chi connectivity index (χ1n) is 13.4. The number of aryl methyl sites for hydroxylation is 1. The molecule has 2 saturated heterocycles. The Morgan fingerprint density at radius 1 is 0.946 bits per heavy atom. The minimum atomic E-state index is -0.431. The van der Waals surface area contributed by atoms with E-state index in [2.05, 4.69) is 55.3 Å². The van der Waals surface area contributed by atoms with E-state index in [0.29, 0.717) is 42.5 Å². The van der Waals surface area contributed by atoms with Crippen molar-refractivity contribution in [3.63, 3.8) is 0 Å². The molecule has 2 heterocycles. The van der Waals surface area contributed by atoms with Crippen molar-refractivity contribution in [1.82, 2.24) is 4.90 Å². The number of benzene rings is 2. The van der Waals surface area contributed by atoms with Gasteiger partial charge in [0.25, 0.3) is 16.8 Å². The molecule has 3 aromatic rings. The quantitative estimate of drug-likeness (QED) is 0.520. The van der Waals surface area contributed by atoms with Gasteiger partial charge in [0.2, 0.25) is 0 Å². The van der Waals surface area contributed by atoms with Crippen LogP contribution in [0.4, 0.5) is 17.1 Å². The molecule has 7 nitrogen and oxygen atoms in total. The molecule has 7 heteroatoms. The Morgan fingerprint density at radius 2 is 1.68 bits per heavy atom. The summed E-state index contributed by atoms with van der Waals surface area (Å²) in [6.45, 7) is 10.7. The fourth-order valence-corrected chi connectivity index (χ4v) is 5.55. The van der Waals surface area contributed by atoms with Crippen molar-refractivity contribution in [2.75, 3.05) is 47.8 Å². The second kappa shape index (κ2) is 10.4. The number of rotatable bonds is 6. The lowest BCUT2D eigenvalue weighted by atomic mass is 9.98. The van der Waals surface area contributed by atoms with Gasteiger partial charge < -0.3 is 20.0 Å². The van der Waals surface area contributed by atoms with Crippen molar-refractivity contribution in [3.05, 3.63) is 85.7 Å². The van der Waals surface area contributed by atoms with Crippen LogP contribution in [0.3, 0.4) is 0 Å². The van der Waals surface area contributed by atoms with Crippen molar-refractivity contribution in [3.8, 4) is 0 Å². The van der Waals surface area contributed by atoms with Crippen LogP contribution in [0, 0.1) is 12.8 Å². The number of carbonyl (C=O) groups excluding carboxylic acids is 1. The third-order valence-electron chi connectivity index (χ3n) is 7.90. The molecule has 0 bridgehead atoms. The molecule has 0 radical (unpaired) electrons. The second-order valence-electron chi connectivity index (χ2n) is 10.7. The first-order chi connectivity index (χ1) is 17.8. The monoisotopic (exact) mass is 500 g/mol. The average Bonchev–Trinajstić information content (AvgIpc) is 2.91. The summed E-state index contributed by atoms with van der Waals surface area (Å²) < 4.78 is 0. The number of anilines is 3. The highest BCUT2D eigenvalue weighted by atomic mass is 16.2. The summed E-state index contributed by atoms with van der Waals surface area (Å²) >= 11 is 0. The van der Waals surface area contributed by atoms with E-state index < -0.39 is 5.43 Å². The summed E-state index contributed by atoms with van der Waals surface area (Å²) in [6, 6.07) is 16.3. The van der Waals surface area contributed by atoms with Crippen molar-refractivity contribution in [2.24, 2.45) is 5.92 Å². The van der Waals surface area contributed by atoms with Crippen molar-refractivity contribution in [2.45, 2.75) is 46.2 Å². The molecule has 1 amide bonds. The van der Waals surface area contributed by atoms with Crippen LogP contribution in [0.1, 0.15) is 48.2 Å². The number of amides is 1. The van der Waals surface area contributed by atoms with Gasteiger partial charge in [0.15, 0.2) is 0 Å². The molecule has 0 saturated carbocycles. The minimum Gasteiger partial charge on any atom is -0.376 e. The van der Waals surface area contributed by atoms with E-state index >= 15 is 0 Å². The van der Waals surface area contributed by atoms with E-state index in [9.17, 15) is 14.4 Å². The van der Waals surface area contributed by atoms with Gasteiger partial charge in [0.05, 0.1) is 0 Å². The highest BCUT2D eigenvalue weighted by molar-refractivity contribution is 5.94. The molecule has 5 rings (SSSR count). The van der Waals surface area contributed by atoms with Gasteiger partial charge in [-0.05, 0) is 68.0 Å². The maximum absolute atomic E-state index is 13.2. The first-order valence-corrected chi connectivity index (χ1v) is 13.4. The molecule has 2 aliphatic rings. The molecular weight excluding hydrogens is 464 g/mol. The zero-order chi connectivity index (χ0) is 26.1. The SMILES string of the molecule is Cc1cccc(N2CCN(C(=O)c3ccc(CNc4c(N5CCC(C)CC5)c(=O)c4=O)cc3)C[C@H]2C)c1.